The van der Waals surface area contributed by atoms with Crippen LogP contribution >= 0.6 is 0 Å². The van der Waals surface area contributed by atoms with Gasteiger partial charge in [0.05, 0.1) is 6.61 Å². The molecule has 0 aliphatic heterocycles. The molecule has 0 aromatic heterocycles. The minimum Gasteiger partial charge on any atom is -0.377 e. The Morgan fingerprint density at radius 3 is 2.26 bits per heavy atom. The average Bonchev–Trinajstić information content (AvgIpc) is 2.61. The quantitative estimate of drug-likeness (QED) is 0.759. The molecule has 2 rings (SSSR count). The molecule has 0 heterocycles. The monoisotopic (exact) mass is 312 g/mol. The molecule has 122 valence electrons. The van der Waals surface area contributed by atoms with Crippen molar-refractivity contribution in [1.82, 2.24) is 10.2 Å². The fourth-order valence-corrected chi connectivity index (χ4v) is 2.18. The Morgan fingerprint density at radius 1 is 1.00 bits per heavy atom. The second kappa shape index (κ2) is 9.64. The van der Waals surface area contributed by atoms with E-state index < -0.39 is 0 Å². The number of carbonyl (C=O) groups is 1. The van der Waals surface area contributed by atoms with Crippen LogP contribution < -0.4 is 5.32 Å². The number of hydrogen-bond acceptors (Lipinski definition) is 2. The number of hydrogen-bond donors (Lipinski definition) is 1. The first-order valence-corrected chi connectivity index (χ1v) is 7.90. The fraction of sp³-hybridized carbons (Fsp3) is 0.316. The van der Waals surface area contributed by atoms with Gasteiger partial charge in [-0.1, -0.05) is 60.7 Å². The lowest BCUT2D eigenvalue weighted by Gasteiger charge is -2.18. The summed E-state index contributed by atoms with van der Waals surface area (Å²) in [4.78, 5) is 13.7. The van der Waals surface area contributed by atoms with Gasteiger partial charge in [0.1, 0.15) is 0 Å². The third-order valence-corrected chi connectivity index (χ3v) is 3.53. The molecule has 0 aliphatic carbocycles. The molecule has 0 radical (unpaired) electrons. The van der Waals surface area contributed by atoms with Crippen LogP contribution in [0.1, 0.15) is 17.5 Å². The Morgan fingerprint density at radius 2 is 1.61 bits per heavy atom. The highest BCUT2D eigenvalue weighted by atomic mass is 16.5. The maximum Gasteiger partial charge on any atom is 0.317 e. The number of ether oxygens (including phenoxy) is 1. The van der Waals surface area contributed by atoms with Gasteiger partial charge in [0.25, 0.3) is 0 Å². The zero-order valence-electron chi connectivity index (χ0n) is 13.6. The van der Waals surface area contributed by atoms with Crippen LogP contribution in [0.5, 0.6) is 0 Å². The molecule has 0 atom stereocenters. The number of rotatable bonds is 8. The first-order valence-electron chi connectivity index (χ1n) is 7.90. The van der Waals surface area contributed by atoms with Crippen LogP contribution in [-0.4, -0.2) is 31.1 Å². The molecule has 2 amide bonds. The van der Waals surface area contributed by atoms with Crippen molar-refractivity contribution in [2.75, 3.05) is 20.2 Å². The molecule has 23 heavy (non-hydrogen) atoms. The van der Waals surface area contributed by atoms with E-state index in [-0.39, 0.29) is 6.03 Å². The van der Waals surface area contributed by atoms with Crippen LogP contribution in [0.3, 0.4) is 0 Å². The molecule has 0 unspecified atom stereocenters. The van der Waals surface area contributed by atoms with Crippen molar-refractivity contribution >= 4 is 6.03 Å². The zero-order chi connectivity index (χ0) is 16.3. The zero-order valence-corrected chi connectivity index (χ0v) is 13.6. The fourth-order valence-electron chi connectivity index (χ4n) is 2.18. The predicted octanol–water partition coefficient (Wildman–Crippen LogP) is 3.43. The highest BCUT2D eigenvalue weighted by molar-refractivity contribution is 5.73. The number of carbonyl (C=O) groups excluding carboxylic acids is 1. The largest absolute Gasteiger partial charge is 0.377 e. The lowest BCUT2D eigenvalue weighted by Crippen LogP contribution is -2.37. The molecule has 0 saturated carbocycles. The number of nitrogens with zero attached hydrogens (tertiary/aromatic N) is 1. The van der Waals surface area contributed by atoms with Gasteiger partial charge in [-0.25, -0.2) is 4.79 Å². The van der Waals surface area contributed by atoms with Crippen molar-refractivity contribution in [1.29, 1.82) is 0 Å². The smallest absolute Gasteiger partial charge is 0.317 e. The van der Waals surface area contributed by atoms with Crippen molar-refractivity contribution in [3.8, 4) is 0 Å². The maximum atomic E-state index is 12.0. The van der Waals surface area contributed by atoms with Crippen molar-refractivity contribution in [2.24, 2.45) is 0 Å². The highest BCUT2D eigenvalue weighted by Gasteiger charge is 2.07. The molecule has 4 heteroatoms. The molecule has 0 aliphatic rings. The van der Waals surface area contributed by atoms with Gasteiger partial charge in [0, 0.05) is 26.7 Å². The summed E-state index contributed by atoms with van der Waals surface area (Å²) in [6.07, 6.45) is 0.822. The molecule has 0 spiro atoms. The van der Waals surface area contributed by atoms with E-state index in [0.717, 1.165) is 12.0 Å². The van der Waals surface area contributed by atoms with E-state index in [4.69, 9.17) is 4.74 Å². The Kier molecular flexibility index (Phi) is 7.14. The average molecular weight is 312 g/mol. The van der Waals surface area contributed by atoms with E-state index in [1.165, 1.54) is 5.56 Å². The second-order valence-electron chi connectivity index (χ2n) is 5.46. The van der Waals surface area contributed by atoms with Crippen LogP contribution in [0.2, 0.25) is 0 Å². The Labute approximate surface area is 138 Å². The van der Waals surface area contributed by atoms with Gasteiger partial charge in [-0.05, 0) is 17.5 Å². The highest BCUT2D eigenvalue weighted by Crippen LogP contribution is 2.01. The van der Waals surface area contributed by atoms with Gasteiger partial charge in [-0.3, -0.25) is 0 Å². The van der Waals surface area contributed by atoms with Crippen molar-refractivity contribution in [2.45, 2.75) is 19.6 Å². The van der Waals surface area contributed by atoms with E-state index in [1.54, 1.807) is 11.9 Å². The van der Waals surface area contributed by atoms with Crippen LogP contribution in [0.15, 0.2) is 60.7 Å². The number of amides is 2. The number of benzene rings is 2. The summed E-state index contributed by atoms with van der Waals surface area (Å²) in [5.41, 5.74) is 2.27. The molecule has 0 fully saturated rings. The SMILES string of the molecule is CN(CCCOCc1ccccc1)C(=O)NCc1ccccc1. The standard InChI is InChI=1S/C19H24N2O2/c1-21(19(22)20-15-17-9-4-2-5-10-17)13-8-14-23-16-18-11-6-3-7-12-18/h2-7,9-12H,8,13-16H2,1H3,(H,20,22). The van der Waals surface area contributed by atoms with E-state index in [2.05, 4.69) is 5.32 Å². The number of nitrogens with one attached hydrogen (secondary N) is 1. The molecule has 2 aromatic rings. The van der Waals surface area contributed by atoms with Crippen molar-refractivity contribution < 1.29 is 9.53 Å². The summed E-state index contributed by atoms with van der Waals surface area (Å²) < 4.78 is 5.62. The molecule has 4 nitrogen and oxygen atoms in total. The summed E-state index contributed by atoms with van der Waals surface area (Å²) in [5, 5.41) is 2.91. The van der Waals surface area contributed by atoms with Crippen LogP contribution in [0, 0.1) is 0 Å². The van der Waals surface area contributed by atoms with Crippen molar-refractivity contribution in [3.63, 3.8) is 0 Å². The van der Waals surface area contributed by atoms with Gasteiger partial charge in [-0.2, -0.15) is 0 Å². The van der Waals surface area contributed by atoms with Gasteiger partial charge < -0.3 is 15.0 Å². The summed E-state index contributed by atoms with van der Waals surface area (Å²) in [5.74, 6) is 0. The molecular weight excluding hydrogens is 288 g/mol. The van der Waals surface area contributed by atoms with Crippen molar-refractivity contribution in [3.05, 3.63) is 71.8 Å². The van der Waals surface area contributed by atoms with Gasteiger partial charge in [0.2, 0.25) is 0 Å². The lowest BCUT2D eigenvalue weighted by molar-refractivity contribution is 0.112. The Balaban J connectivity index is 1.57. The van der Waals surface area contributed by atoms with Gasteiger partial charge in [-0.15, -0.1) is 0 Å². The summed E-state index contributed by atoms with van der Waals surface area (Å²) in [7, 11) is 1.80. The molecule has 0 bridgehead atoms. The molecule has 2 aromatic carbocycles. The van der Waals surface area contributed by atoms with Crippen LogP contribution in [0.4, 0.5) is 4.79 Å². The Bertz CT molecular complexity index is 572. The van der Waals surface area contributed by atoms with Gasteiger partial charge in [0.15, 0.2) is 0 Å². The first-order chi connectivity index (χ1) is 11.3. The minimum atomic E-state index is -0.0584. The van der Waals surface area contributed by atoms with E-state index in [9.17, 15) is 4.79 Å². The number of urea groups is 1. The molecule has 0 saturated heterocycles. The lowest BCUT2D eigenvalue weighted by atomic mass is 10.2. The van der Waals surface area contributed by atoms with Crippen LogP contribution in [0.25, 0.3) is 0 Å². The Hall–Kier alpha value is -2.33. The first kappa shape index (κ1) is 17.0. The second-order valence-corrected chi connectivity index (χ2v) is 5.46. The maximum absolute atomic E-state index is 12.0. The summed E-state index contributed by atoms with van der Waals surface area (Å²) >= 11 is 0. The van der Waals surface area contributed by atoms with E-state index >= 15 is 0 Å². The third-order valence-electron chi connectivity index (χ3n) is 3.53. The topological polar surface area (TPSA) is 41.6 Å². The van der Waals surface area contributed by atoms with E-state index in [1.807, 2.05) is 60.7 Å². The van der Waals surface area contributed by atoms with Crippen LogP contribution in [-0.2, 0) is 17.9 Å². The normalized spacial score (nSPS) is 10.3. The summed E-state index contributed by atoms with van der Waals surface area (Å²) in [6.45, 7) is 2.49. The predicted molar refractivity (Wildman–Crippen MR) is 92.0 cm³/mol. The van der Waals surface area contributed by atoms with Gasteiger partial charge >= 0.3 is 6.03 Å². The van der Waals surface area contributed by atoms with E-state index in [0.29, 0.717) is 26.3 Å². The summed E-state index contributed by atoms with van der Waals surface area (Å²) in [6, 6.07) is 19.9. The third kappa shape index (κ3) is 6.53. The molecular formula is C19H24N2O2. The molecule has 1 N–H and O–H groups in total. The minimum absolute atomic E-state index is 0.0584.